The Hall–Kier alpha value is -1.29. The Labute approximate surface area is 149 Å². The highest BCUT2D eigenvalue weighted by Crippen LogP contribution is 2.37. The highest BCUT2D eigenvalue weighted by molar-refractivity contribution is 8.93. The molecule has 4 heteroatoms. The van der Waals surface area contributed by atoms with E-state index in [1.54, 1.807) is 0 Å². The second-order valence-corrected chi connectivity index (χ2v) is 7.44. The first-order valence-corrected chi connectivity index (χ1v) is 8.15. The lowest BCUT2D eigenvalue weighted by Gasteiger charge is -2.33. The maximum absolute atomic E-state index is 12.4. The second kappa shape index (κ2) is 6.68. The molecule has 0 radical (unpaired) electrons. The van der Waals surface area contributed by atoms with Crippen molar-refractivity contribution in [1.29, 1.82) is 0 Å². The molecule has 1 heterocycles. The summed E-state index contributed by atoms with van der Waals surface area (Å²) in [4.78, 5) is 14.8. The number of hydrogen-bond donors (Lipinski definition) is 0. The number of esters is 1. The lowest BCUT2D eigenvalue weighted by Crippen LogP contribution is -2.28. The molecule has 1 aromatic rings. The smallest absolute Gasteiger partial charge is 0.339 e. The van der Waals surface area contributed by atoms with Gasteiger partial charge in [-0.2, -0.15) is 0 Å². The van der Waals surface area contributed by atoms with Gasteiger partial charge in [-0.1, -0.05) is 12.1 Å². The molecule has 1 aromatic carbocycles. The molecule has 1 aliphatic heterocycles. The summed E-state index contributed by atoms with van der Waals surface area (Å²) in [6.07, 6.45) is 6.90. The lowest BCUT2D eigenvalue weighted by molar-refractivity contribution is 0.00690. The molecule has 3 nitrogen and oxygen atoms in total. The summed E-state index contributed by atoms with van der Waals surface area (Å²) in [5, 5.41) is 0. The minimum absolute atomic E-state index is 0. The molecule has 1 unspecified atom stereocenters. The highest BCUT2D eigenvalue weighted by Gasteiger charge is 2.29. The van der Waals surface area contributed by atoms with Crippen molar-refractivity contribution in [2.24, 2.45) is 5.92 Å². The molecular weight excluding hydrogens is 354 g/mol. The molecule has 1 saturated carbocycles. The van der Waals surface area contributed by atoms with Crippen LogP contribution in [0.25, 0.3) is 6.08 Å². The number of carbonyl (C=O) groups is 1. The molecular formula is C19H26BrNO2. The van der Waals surface area contributed by atoms with E-state index in [4.69, 9.17) is 4.74 Å². The average Bonchev–Trinajstić information content (AvgIpc) is 3.23. The van der Waals surface area contributed by atoms with Gasteiger partial charge in [-0.25, -0.2) is 4.79 Å². The van der Waals surface area contributed by atoms with Crippen LogP contribution in [-0.4, -0.2) is 23.0 Å². The van der Waals surface area contributed by atoms with E-state index in [1.807, 2.05) is 32.9 Å². The van der Waals surface area contributed by atoms with Gasteiger partial charge in [-0.05, 0) is 69.7 Å². The van der Waals surface area contributed by atoms with Crippen LogP contribution in [0.15, 0.2) is 24.4 Å². The molecule has 126 valence electrons. The fourth-order valence-electron chi connectivity index (χ4n) is 2.94. The third-order valence-corrected chi connectivity index (χ3v) is 4.30. The Kier molecular flexibility index (Phi) is 5.24. The van der Waals surface area contributed by atoms with Gasteiger partial charge in [0.15, 0.2) is 0 Å². The van der Waals surface area contributed by atoms with Crippen LogP contribution >= 0.6 is 17.0 Å². The van der Waals surface area contributed by atoms with E-state index in [1.165, 1.54) is 18.4 Å². The zero-order valence-electron chi connectivity index (χ0n) is 14.3. The summed E-state index contributed by atoms with van der Waals surface area (Å²) < 4.78 is 5.54. The number of carbonyl (C=O) groups excluding carboxylic acids is 1. The third kappa shape index (κ3) is 4.17. The van der Waals surface area contributed by atoms with Gasteiger partial charge in [-0.3, -0.25) is 0 Å². The van der Waals surface area contributed by atoms with E-state index >= 15 is 0 Å². The van der Waals surface area contributed by atoms with Crippen molar-refractivity contribution in [2.45, 2.75) is 52.2 Å². The molecule has 1 aliphatic carbocycles. The van der Waals surface area contributed by atoms with Crippen LogP contribution in [-0.2, 0) is 4.74 Å². The normalized spacial score (nSPS) is 19.8. The number of halogens is 1. The van der Waals surface area contributed by atoms with Crippen molar-refractivity contribution in [1.82, 2.24) is 4.90 Å². The predicted molar refractivity (Wildman–Crippen MR) is 98.8 cm³/mol. The monoisotopic (exact) mass is 379 g/mol. The van der Waals surface area contributed by atoms with Crippen LogP contribution in [0.5, 0.6) is 0 Å². The van der Waals surface area contributed by atoms with Crippen molar-refractivity contribution in [2.75, 3.05) is 6.54 Å². The molecule has 0 saturated heterocycles. The quantitative estimate of drug-likeness (QED) is 0.693. The second-order valence-electron chi connectivity index (χ2n) is 7.44. The first-order chi connectivity index (χ1) is 10.3. The highest BCUT2D eigenvalue weighted by atomic mass is 79.9. The number of ether oxygens (including phenoxy) is 1. The minimum Gasteiger partial charge on any atom is -0.456 e. The largest absolute Gasteiger partial charge is 0.456 e. The van der Waals surface area contributed by atoms with E-state index in [-0.39, 0.29) is 23.0 Å². The molecule has 0 spiro atoms. The van der Waals surface area contributed by atoms with Gasteiger partial charge in [0.2, 0.25) is 0 Å². The van der Waals surface area contributed by atoms with Gasteiger partial charge in [0.1, 0.15) is 5.60 Å². The Morgan fingerprint density at radius 1 is 1.30 bits per heavy atom. The van der Waals surface area contributed by atoms with Crippen molar-refractivity contribution in [3.05, 3.63) is 41.1 Å². The van der Waals surface area contributed by atoms with Crippen LogP contribution in [0.1, 0.15) is 68.1 Å². The molecule has 0 aromatic heterocycles. The van der Waals surface area contributed by atoms with Gasteiger partial charge in [0, 0.05) is 12.7 Å². The Bertz CT molecular complexity index is 614. The zero-order chi connectivity index (χ0) is 15.9. The van der Waals surface area contributed by atoms with E-state index in [2.05, 4.69) is 30.2 Å². The number of benzene rings is 1. The summed E-state index contributed by atoms with van der Waals surface area (Å²) in [5.41, 5.74) is 2.42. The Morgan fingerprint density at radius 2 is 2.00 bits per heavy atom. The van der Waals surface area contributed by atoms with Gasteiger partial charge in [-0.15, -0.1) is 17.0 Å². The zero-order valence-corrected chi connectivity index (χ0v) is 16.0. The average molecular weight is 380 g/mol. The molecule has 3 rings (SSSR count). The van der Waals surface area contributed by atoms with E-state index in [0.717, 1.165) is 18.0 Å². The standard InChI is InChI=1S/C19H25NO2.BrH/c1-13-15-6-5-7-17(18(21)22-19(2,3)4)16(15)10-11-20(13)12-14-8-9-14;/h5-7,10-11,13-14H,8-9,12H2,1-4H3;1H. The first kappa shape index (κ1) is 18.1. The molecule has 0 N–H and O–H groups in total. The summed E-state index contributed by atoms with van der Waals surface area (Å²) in [7, 11) is 0. The Morgan fingerprint density at radius 3 is 2.61 bits per heavy atom. The predicted octanol–water partition coefficient (Wildman–Crippen LogP) is 4.98. The fraction of sp³-hybridized carbons (Fsp3) is 0.526. The summed E-state index contributed by atoms with van der Waals surface area (Å²) >= 11 is 0. The van der Waals surface area contributed by atoms with Gasteiger partial charge < -0.3 is 9.64 Å². The van der Waals surface area contributed by atoms with Gasteiger partial charge >= 0.3 is 5.97 Å². The van der Waals surface area contributed by atoms with Gasteiger partial charge in [0.25, 0.3) is 0 Å². The molecule has 2 aliphatic rings. The summed E-state index contributed by atoms with van der Waals surface area (Å²) in [6, 6.07) is 6.25. The summed E-state index contributed by atoms with van der Waals surface area (Å²) in [5.74, 6) is 0.611. The van der Waals surface area contributed by atoms with Crippen molar-refractivity contribution >= 4 is 29.0 Å². The van der Waals surface area contributed by atoms with E-state index in [0.29, 0.717) is 11.6 Å². The summed E-state index contributed by atoms with van der Waals surface area (Å²) in [6.45, 7) is 9.03. The fourth-order valence-corrected chi connectivity index (χ4v) is 2.94. The van der Waals surface area contributed by atoms with Crippen LogP contribution in [0.3, 0.4) is 0 Å². The maximum Gasteiger partial charge on any atom is 0.339 e. The molecule has 0 bridgehead atoms. The van der Waals surface area contributed by atoms with Crippen LogP contribution in [0.4, 0.5) is 0 Å². The number of rotatable bonds is 3. The molecule has 1 atom stereocenters. The van der Waals surface area contributed by atoms with Crippen LogP contribution in [0.2, 0.25) is 0 Å². The number of hydrogen-bond acceptors (Lipinski definition) is 3. The third-order valence-electron chi connectivity index (χ3n) is 4.30. The molecule has 0 amide bonds. The van der Waals surface area contributed by atoms with Gasteiger partial charge in [0.05, 0.1) is 11.6 Å². The SMILES string of the molecule is Br.CC1c2cccc(C(=O)OC(C)(C)C)c2C=CN1CC1CC1. The maximum atomic E-state index is 12.4. The number of nitrogens with zero attached hydrogens (tertiary/aromatic N) is 1. The lowest BCUT2D eigenvalue weighted by atomic mass is 9.93. The molecule has 1 fully saturated rings. The van der Waals surface area contributed by atoms with Crippen LogP contribution in [0, 0.1) is 5.92 Å². The van der Waals surface area contributed by atoms with Crippen molar-refractivity contribution < 1.29 is 9.53 Å². The van der Waals surface area contributed by atoms with Crippen molar-refractivity contribution in [3.8, 4) is 0 Å². The van der Waals surface area contributed by atoms with Crippen molar-refractivity contribution in [3.63, 3.8) is 0 Å². The van der Waals surface area contributed by atoms with E-state index in [9.17, 15) is 4.79 Å². The first-order valence-electron chi connectivity index (χ1n) is 8.15. The van der Waals surface area contributed by atoms with E-state index < -0.39 is 5.60 Å². The Balaban J connectivity index is 0.00000192. The number of fused-ring (bicyclic) bond motifs is 1. The van der Waals surface area contributed by atoms with Crippen LogP contribution < -0.4 is 0 Å². The minimum atomic E-state index is -0.470. The topological polar surface area (TPSA) is 29.5 Å². The molecule has 23 heavy (non-hydrogen) atoms.